The highest BCUT2D eigenvalue weighted by Crippen LogP contribution is 2.07. The average molecular weight is 195 g/mol. The number of hydrogen-bond acceptors (Lipinski definition) is 4. The smallest absolute Gasteiger partial charge is 0.319 e. The molecule has 0 aromatic heterocycles. The molecule has 1 aromatic carbocycles. The molecule has 0 fully saturated rings. The van der Waals surface area contributed by atoms with Crippen molar-refractivity contribution in [1.82, 2.24) is 0 Å². The first-order valence-corrected chi connectivity index (χ1v) is 4.36. The SMILES string of the molecule is NCC(=O)OCCOc1ccccc1. The molecule has 0 radical (unpaired) electrons. The van der Waals surface area contributed by atoms with Crippen molar-refractivity contribution in [1.29, 1.82) is 0 Å². The van der Waals surface area contributed by atoms with E-state index in [4.69, 9.17) is 15.2 Å². The Morgan fingerprint density at radius 2 is 1.93 bits per heavy atom. The molecule has 0 aliphatic carbocycles. The molecule has 0 bridgehead atoms. The second-order valence-corrected chi connectivity index (χ2v) is 2.59. The first-order chi connectivity index (χ1) is 6.83. The van der Waals surface area contributed by atoms with Gasteiger partial charge in [-0.05, 0) is 12.1 Å². The van der Waals surface area contributed by atoms with Crippen LogP contribution < -0.4 is 10.5 Å². The molecule has 0 spiro atoms. The zero-order valence-electron chi connectivity index (χ0n) is 7.81. The summed E-state index contributed by atoms with van der Waals surface area (Å²) in [6.45, 7) is 0.478. The van der Waals surface area contributed by atoms with Crippen LogP contribution in [0.5, 0.6) is 5.75 Å². The molecular formula is C10H13NO3. The first kappa shape index (κ1) is 10.5. The van der Waals surface area contributed by atoms with Crippen molar-refractivity contribution in [3.63, 3.8) is 0 Å². The van der Waals surface area contributed by atoms with Crippen LogP contribution in [0, 0.1) is 0 Å². The summed E-state index contributed by atoms with van der Waals surface area (Å²) in [7, 11) is 0. The fraction of sp³-hybridized carbons (Fsp3) is 0.300. The summed E-state index contributed by atoms with van der Waals surface area (Å²) in [4.78, 5) is 10.6. The van der Waals surface area contributed by atoms with E-state index in [1.165, 1.54) is 0 Å². The maximum Gasteiger partial charge on any atom is 0.319 e. The van der Waals surface area contributed by atoms with Crippen LogP contribution in [0.1, 0.15) is 0 Å². The van der Waals surface area contributed by atoms with Gasteiger partial charge in [-0.1, -0.05) is 18.2 Å². The number of para-hydroxylation sites is 1. The lowest BCUT2D eigenvalue weighted by molar-refractivity contribution is -0.142. The zero-order chi connectivity index (χ0) is 10.2. The minimum Gasteiger partial charge on any atom is -0.490 e. The molecule has 4 heteroatoms. The lowest BCUT2D eigenvalue weighted by atomic mass is 10.3. The van der Waals surface area contributed by atoms with E-state index >= 15 is 0 Å². The Hall–Kier alpha value is -1.55. The maximum atomic E-state index is 10.6. The van der Waals surface area contributed by atoms with E-state index in [1.54, 1.807) is 0 Å². The van der Waals surface area contributed by atoms with Crippen LogP contribution in [0.2, 0.25) is 0 Å². The molecule has 0 aliphatic heterocycles. The Kier molecular flexibility index (Phi) is 4.50. The fourth-order valence-corrected chi connectivity index (χ4v) is 0.891. The van der Waals surface area contributed by atoms with Gasteiger partial charge in [-0.2, -0.15) is 0 Å². The van der Waals surface area contributed by atoms with Crippen LogP contribution in [0.25, 0.3) is 0 Å². The summed E-state index contributed by atoms with van der Waals surface area (Å²) in [5, 5.41) is 0. The Labute approximate surface area is 82.6 Å². The summed E-state index contributed by atoms with van der Waals surface area (Å²) in [5.41, 5.74) is 5.05. The number of nitrogens with two attached hydrogens (primary N) is 1. The van der Waals surface area contributed by atoms with Crippen LogP contribution in [0.3, 0.4) is 0 Å². The van der Waals surface area contributed by atoms with Crippen molar-refractivity contribution in [2.75, 3.05) is 19.8 Å². The van der Waals surface area contributed by atoms with E-state index in [1.807, 2.05) is 30.3 Å². The standard InChI is InChI=1S/C10H13NO3/c11-8-10(12)14-7-6-13-9-4-2-1-3-5-9/h1-5H,6-8,11H2. The average Bonchev–Trinajstić information content (AvgIpc) is 2.25. The molecule has 0 saturated carbocycles. The van der Waals surface area contributed by atoms with Gasteiger partial charge in [0.15, 0.2) is 0 Å². The highest BCUT2D eigenvalue weighted by molar-refractivity contribution is 5.71. The summed E-state index contributed by atoms with van der Waals surface area (Å²) in [6.07, 6.45) is 0. The van der Waals surface area contributed by atoms with Crippen molar-refractivity contribution in [2.24, 2.45) is 5.73 Å². The number of esters is 1. The van der Waals surface area contributed by atoms with Gasteiger partial charge in [0.25, 0.3) is 0 Å². The number of carbonyl (C=O) groups is 1. The summed E-state index contributed by atoms with van der Waals surface area (Å²) >= 11 is 0. The second kappa shape index (κ2) is 5.99. The number of rotatable bonds is 5. The number of hydrogen-bond donors (Lipinski definition) is 1. The van der Waals surface area contributed by atoms with E-state index in [0.29, 0.717) is 6.61 Å². The normalized spacial score (nSPS) is 9.50. The predicted molar refractivity (Wildman–Crippen MR) is 52.0 cm³/mol. The molecule has 1 aromatic rings. The van der Waals surface area contributed by atoms with E-state index in [0.717, 1.165) is 5.75 Å². The van der Waals surface area contributed by atoms with Crippen LogP contribution in [0.4, 0.5) is 0 Å². The summed E-state index contributed by atoms with van der Waals surface area (Å²) < 4.78 is 10.0. The highest BCUT2D eigenvalue weighted by Gasteiger charge is 1.97. The van der Waals surface area contributed by atoms with Crippen LogP contribution >= 0.6 is 0 Å². The van der Waals surface area contributed by atoms with Crippen molar-refractivity contribution in [3.8, 4) is 5.75 Å². The fourth-order valence-electron chi connectivity index (χ4n) is 0.891. The third-order valence-electron chi connectivity index (χ3n) is 1.52. The zero-order valence-corrected chi connectivity index (χ0v) is 7.81. The van der Waals surface area contributed by atoms with Gasteiger partial charge in [0, 0.05) is 0 Å². The van der Waals surface area contributed by atoms with E-state index in [-0.39, 0.29) is 13.2 Å². The van der Waals surface area contributed by atoms with Gasteiger partial charge in [-0.3, -0.25) is 4.79 Å². The molecule has 0 saturated heterocycles. The number of ether oxygens (including phenoxy) is 2. The molecule has 0 aliphatic rings. The predicted octanol–water partition coefficient (Wildman–Crippen LogP) is 0.567. The number of carbonyl (C=O) groups excluding carboxylic acids is 1. The van der Waals surface area contributed by atoms with E-state index in [2.05, 4.69) is 0 Å². The number of benzene rings is 1. The van der Waals surface area contributed by atoms with Crippen LogP contribution in [0.15, 0.2) is 30.3 Å². The first-order valence-electron chi connectivity index (χ1n) is 4.36. The van der Waals surface area contributed by atoms with Gasteiger partial charge in [0.2, 0.25) is 0 Å². The van der Waals surface area contributed by atoms with Crippen LogP contribution in [-0.2, 0) is 9.53 Å². The Morgan fingerprint density at radius 3 is 2.57 bits per heavy atom. The van der Waals surface area contributed by atoms with Gasteiger partial charge < -0.3 is 15.2 Å². The molecule has 0 heterocycles. The van der Waals surface area contributed by atoms with Gasteiger partial charge >= 0.3 is 5.97 Å². The second-order valence-electron chi connectivity index (χ2n) is 2.59. The van der Waals surface area contributed by atoms with Gasteiger partial charge in [-0.15, -0.1) is 0 Å². The van der Waals surface area contributed by atoms with E-state index < -0.39 is 5.97 Å². The highest BCUT2D eigenvalue weighted by atomic mass is 16.6. The van der Waals surface area contributed by atoms with E-state index in [9.17, 15) is 4.79 Å². The lowest BCUT2D eigenvalue weighted by Gasteiger charge is -2.05. The van der Waals surface area contributed by atoms with Gasteiger partial charge in [-0.25, -0.2) is 0 Å². The Bertz CT molecular complexity index is 274. The van der Waals surface area contributed by atoms with Crippen molar-refractivity contribution >= 4 is 5.97 Å². The van der Waals surface area contributed by atoms with Crippen molar-refractivity contribution in [2.45, 2.75) is 0 Å². The largest absolute Gasteiger partial charge is 0.490 e. The molecule has 76 valence electrons. The monoisotopic (exact) mass is 195 g/mol. The molecule has 1 rings (SSSR count). The molecule has 14 heavy (non-hydrogen) atoms. The lowest BCUT2D eigenvalue weighted by Crippen LogP contribution is -2.19. The Morgan fingerprint density at radius 1 is 1.21 bits per heavy atom. The van der Waals surface area contributed by atoms with Crippen molar-refractivity contribution in [3.05, 3.63) is 30.3 Å². The molecule has 0 unspecified atom stereocenters. The minimum atomic E-state index is -0.415. The third-order valence-corrected chi connectivity index (χ3v) is 1.52. The molecular weight excluding hydrogens is 182 g/mol. The Balaban J connectivity index is 2.13. The summed E-state index contributed by atoms with van der Waals surface area (Å²) in [6, 6.07) is 9.33. The van der Waals surface area contributed by atoms with Gasteiger partial charge in [0.05, 0.1) is 6.54 Å². The van der Waals surface area contributed by atoms with Crippen molar-refractivity contribution < 1.29 is 14.3 Å². The molecule has 4 nitrogen and oxygen atoms in total. The van der Waals surface area contributed by atoms with Crippen LogP contribution in [-0.4, -0.2) is 25.7 Å². The topological polar surface area (TPSA) is 61.6 Å². The molecule has 0 amide bonds. The van der Waals surface area contributed by atoms with Gasteiger partial charge in [0.1, 0.15) is 19.0 Å². The maximum absolute atomic E-state index is 10.6. The summed E-state index contributed by atoms with van der Waals surface area (Å²) in [5.74, 6) is 0.345. The quantitative estimate of drug-likeness (QED) is 0.551. The molecule has 0 atom stereocenters. The third kappa shape index (κ3) is 3.91. The molecule has 2 N–H and O–H groups in total. The minimum absolute atomic E-state index is 0.0919.